The highest BCUT2D eigenvalue weighted by Crippen LogP contribution is 1.98. The Kier molecular flexibility index (Phi) is 3.40. The molecule has 0 aromatic carbocycles. The molecule has 1 aromatic rings. The van der Waals surface area contributed by atoms with Crippen LogP contribution in [0, 0.1) is 0 Å². The van der Waals surface area contributed by atoms with Gasteiger partial charge in [-0.1, -0.05) is 0 Å². The average Bonchev–Trinajstić information content (AvgIpc) is 2.06. The fraction of sp³-hybridized carbons (Fsp3) is 0.286. The maximum absolute atomic E-state index is 4.94. The molecule has 0 saturated heterocycles. The van der Waals surface area contributed by atoms with Crippen LogP contribution in [-0.2, 0) is 4.74 Å². The molecule has 12 heavy (non-hydrogen) atoms. The molecule has 0 N–H and O–H groups in total. The summed E-state index contributed by atoms with van der Waals surface area (Å²) < 4.78 is 9.82. The third-order valence-electron chi connectivity index (χ3n) is 0.979. The lowest BCUT2D eigenvalue weighted by Gasteiger charge is -2.03. The van der Waals surface area contributed by atoms with Crippen molar-refractivity contribution in [2.45, 2.75) is 6.92 Å². The lowest BCUT2D eigenvalue weighted by Crippen LogP contribution is -2.11. The average molecular weight is 184 g/mol. The van der Waals surface area contributed by atoms with Crippen LogP contribution in [0.3, 0.4) is 0 Å². The number of hydrogen-bond acceptors (Lipinski definition) is 5. The molecule has 1 heterocycles. The molecule has 0 bridgehead atoms. The summed E-state index contributed by atoms with van der Waals surface area (Å²) >= 11 is 4.71. The fourth-order valence-corrected chi connectivity index (χ4v) is 0.752. The first-order valence-corrected chi connectivity index (χ1v) is 3.85. The van der Waals surface area contributed by atoms with Crippen molar-refractivity contribution in [1.82, 2.24) is 9.97 Å². The van der Waals surface area contributed by atoms with Crippen LogP contribution in [0.4, 0.5) is 0 Å². The van der Waals surface area contributed by atoms with E-state index in [1.165, 1.54) is 0 Å². The SMILES string of the molecule is CCOC(=S)Oc1ncccn1. The van der Waals surface area contributed by atoms with Crippen molar-refractivity contribution < 1.29 is 9.47 Å². The maximum atomic E-state index is 4.94. The normalized spacial score (nSPS) is 9.08. The monoisotopic (exact) mass is 184 g/mol. The minimum Gasteiger partial charge on any atom is -0.457 e. The summed E-state index contributed by atoms with van der Waals surface area (Å²) in [6.45, 7) is 2.30. The van der Waals surface area contributed by atoms with E-state index in [0.717, 1.165) is 0 Å². The second-order valence-corrected chi connectivity index (χ2v) is 2.15. The van der Waals surface area contributed by atoms with E-state index >= 15 is 0 Å². The molecule has 0 radical (unpaired) electrons. The van der Waals surface area contributed by atoms with Gasteiger partial charge in [-0.3, -0.25) is 0 Å². The van der Waals surface area contributed by atoms with Crippen molar-refractivity contribution in [3.63, 3.8) is 0 Å². The molecular weight excluding hydrogens is 176 g/mol. The second-order valence-electron chi connectivity index (χ2n) is 1.82. The predicted molar refractivity (Wildman–Crippen MR) is 46.9 cm³/mol. The molecule has 0 atom stereocenters. The highest BCUT2D eigenvalue weighted by molar-refractivity contribution is 7.79. The number of ether oxygens (including phenoxy) is 2. The summed E-state index contributed by atoms with van der Waals surface area (Å²) in [4.78, 5) is 7.60. The summed E-state index contributed by atoms with van der Waals surface area (Å²) in [6.07, 6.45) is 3.13. The van der Waals surface area contributed by atoms with Gasteiger partial charge in [0.2, 0.25) is 0 Å². The highest BCUT2D eigenvalue weighted by Gasteiger charge is 2.00. The van der Waals surface area contributed by atoms with Gasteiger partial charge >= 0.3 is 11.2 Å². The molecule has 0 fully saturated rings. The van der Waals surface area contributed by atoms with Crippen molar-refractivity contribution in [2.75, 3.05) is 6.61 Å². The molecule has 0 saturated carbocycles. The Hall–Kier alpha value is -1.23. The van der Waals surface area contributed by atoms with Gasteiger partial charge in [-0.2, -0.15) is 0 Å². The van der Waals surface area contributed by atoms with Crippen LogP contribution in [0.2, 0.25) is 0 Å². The summed E-state index contributed by atoms with van der Waals surface area (Å²) in [6, 6.07) is 1.90. The Balaban J connectivity index is 2.47. The van der Waals surface area contributed by atoms with E-state index in [2.05, 4.69) is 9.97 Å². The minimum atomic E-state index is 0.0451. The Morgan fingerprint density at radius 3 is 2.75 bits per heavy atom. The topological polar surface area (TPSA) is 44.2 Å². The van der Waals surface area contributed by atoms with E-state index in [0.29, 0.717) is 6.61 Å². The molecular formula is C7H8N2O2S. The van der Waals surface area contributed by atoms with E-state index in [1.807, 2.05) is 6.92 Å². The zero-order chi connectivity index (χ0) is 8.81. The molecule has 1 rings (SSSR count). The summed E-state index contributed by atoms with van der Waals surface area (Å²) in [5, 5.41) is 0.0451. The number of nitrogens with zero attached hydrogens (tertiary/aromatic N) is 2. The molecule has 0 aliphatic carbocycles. The number of rotatable bonds is 2. The third kappa shape index (κ3) is 2.79. The van der Waals surface area contributed by atoms with Crippen LogP contribution in [-0.4, -0.2) is 21.8 Å². The van der Waals surface area contributed by atoms with Gasteiger partial charge in [-0.25, -0.2) is 9.97 Å². The van der Waals surface area contributed by atoms with Crippen LogP contribution in [0.1, 0.15) is 6.92 Å². The van der Waals surface area contributed by atoms with E-state index in [1.54, 1.807) is 18.5 Å². The largest absolute Gasteiger partial charge is 0.457 e. The van der Waals surface area contributed by atoms with Gasteiger partial charge in [0.1, 0.15) is 0 Å². The van der Waals surface area contributed by atoms with Crippen molar-refractivity contribution >= 4 is 17.5 Å². The van der Waals surface area contributed by atoms with Gasteiger partial charge in [0, 0.05) is 24.6 Å². The molecule has 0 amide bonds. The quantitative estimate of drug-likeness (QED) is 0.646. The van der Waals surface area contributed by atoms with Gasteiger partial charge in [-0.05, 0) is 13.0 Å². The number of aromatic nitrogens is 2. The third-order valence-corrected chi connectivity index (χ3v) is 1.18. The predicted octanol–water partition coefficient (Wildman–Crippen LogP) is 1.18. The smallest absolute Gasteiger partial charge is 0.360 e. The van der Waals surface area contributed by atoms with Gasteiger partial charge in [-0.15, -0.1) is 0 Å². The molecule has 0 aliphatic rings. The van der Waals surface area contributed by atoms with E-state index in [9.17, 15) is 0 Å². The first-order chi connectivity index (χ1) is 5.83. The summed E-state index contributed by atoms with van der Waals surface area (Å²) in [5.74, 6) is 0. The molecule has 0 spiro atoms. The van der Waals surface area contributed by atoms with Crippen molar-refractivity contribution in [3.05, 3.63) is 18.5 Å². The molecule has 4 nitrogen and oxygen atoms in total. The van der Waals surface area contributed by atoms with Crippen LogP contribution in [0.5, 0.6) is 6.01 Å². The second kappa shape index (κ2) is 4.61. The molecule has 64 valence electrons. The van der Waals surface area contributed by atoms with Crippen LogP contribution in [0.15, 0.2) is 18.5 Å². The zero-order valence-corrected chi connectivity index (χ0v) is 7.37. The lowest BCUT2D eigenvalue weighted by molar-refractivity contribution is 0.257. The standard InChI is InChI=1S/C7H8N2O2S/c1-2-10-7(12)11-6-8-4-3-5-9-6/h3-5H,2H2,1H3. The highest BCUT2D eigenvalue weighted by atomic mass is 32.1. The number of thiocarbonyl (C=S) groups is 1. The van der Waals surface area contributed by atoms with E-state index in [-0.39, 0.29) is 11.2 Å². The van der Waals surface area contributed by atoms with E-state index < -0.39 is 0 Å². The van der Waals surface area contributed by atoms with E-state index in [4.69, 9.17) is 21.7 Å². The lowest BCUT2D eigenvalue weighted by atomic mass is 10.7. The Morgan fingerprint density at radius 2 is 2.17 bits per heavy atom. The summed E-state index contributed by atoms with van der Waals surface area (Å²) in [7, 11) is 0. The minimum absolute atomic E-state index is 0.0451. The van der Waals surface area contributed by atoms with Gasteiger partial charge in [0.05, 0.1) is 6.61 Å². The number of hydrogen-bond donors (Lipinski definition) is 0. The van der Waals surface area contributed by atoms with Gasteiger partial charge < -0.3 is 9.47 Å². The molecule has 0 aliphatic heterocycles. The Morgan fingerprint density at radius 1 is 1.50 bits per heavy atom. The maximum Gasteiger partial charge on any atom is 0.360 e. The van der Waals surface area contributed by atoms with Crippen molar-refractivity contribution in [2.24, 2.45) is 0 Å². The van der Waals surface area contributed by atoms with Crippen molar-refractivity contribution in [1.29, 1.82) is 0 Å². The van der Waals surface area contributed by atoms with Gasteiger partial charge in [0.25, 0.3) is 0 Å². The molecule has 5 heteroatoms. The van der Waals surface area contributed by atoms with Crippen LogP contribution < -0.4 is 4.74 Å². The fourth-order valence-electron chi connectivity index (χ4n) is 0.560. The van der Waals surface area contributed by atoms with Crippen LogP contribution in [0.25, 0.3) is 0 Å². The van der Waals surface area contributed by atoms with Gasteiger partial charge in [0.15, 0.2) is 0 Å². The molecule has 1 aromatic heterocycles. The van der Waals surface area contributed by atoms with Crippen LogP contribution >= 0.6 is 12.2 Å². The first kappa shape index (κ1) is 8.86. The Labute approximate surface area is 75.6 Å². The first-order valence-electron chi connectivity index (χ1n) is 3.44. The summed E-state index contributed by atoms with van der Waals surface area (Å²) in [5.41, 5.74) is 0. The Bertz CT molecular complexity index is 253. The molecule has 0 unspecified atom stereocenters. The van der Waals surface area contributed by atoms with Crippen molar-refractivity contribution in [3.8, 4) is 6.01 Å². The zero-order valence-electron chi connectivity index (χ0n) is 6.56.